The smallest absolute Gasteiger partial charge is 0.363 e. The van der Waals surface area contributed by atoms with Crippen LogP contribution in [-0.2, 0) is 9.53 Å². The number of halogens is 1. The summed E-state index contributed by atoms with van der Waals surface area (Å²) in [5.41, 5.74) is 0.674. The molecule has 0 atom stereocenters. The Kier molecular flexibility index (Phi) is 4.47. The zero-order chi connectivity index (χ0) is 17.8. The molecule has 6 nitrogen and oxygen atoms in total. The van der Waals surface area contributed by atoms with E-state index >= 15 is 0 Å². The van der Waals surface area contributed by atoms with Gasteiger partial charge in [0.25, 0.3) is 5.69 Å². The van der Waals surface area contributed by atoms with Crippen molar-refractivity contribution >= 4 is 23.6 Å². The molecule has 0 spiro atoms. The van der Waals surface area contributed by atoms with E-state index in [2.05, 4.69) is 4.99 Å². The predicted molar refractivity (Wildman–Crippen MR) is 89.2 cm³/mol. The number of benzene rings is 2. The molecule has 0 fully saturated rings. The van der Waals surface area contributed by atoms with Crippen LogP contribution in [0.15, 0.2) is 71.4 Å². The molecule has 1 aliphatic rings. The average Bonchev–Trinajstić information content (AvgIpc) is 2.96. The first kappa shape index (κ1) is 16.3. The van der Waals surface area contributed by atoms with Gasteiger partial charge in [0.1, 0.15) is 5.82 Å². The molecule has 2 aromatic carbocycles. The van der Waals surface area contributed by atoms with Gasteiger partial charge >= 0.3 is 5.97 Å². The fraction of sp³-hybridized carbons (Fsp3) is 0. The maximum atomic E-state index is 13.7. The van der Waals surface area contributed by atoms with Gasteiger partial charge in [-0.25, -0.2) is 14.2 Å². The highest BCUT2D eigenvalue weighted by molar-refractivity contribution is 6.11. The van der Waals surface area contributed by atoms with Gasteiger partial charge in [-0.1, -0.05) is 36.4 Å². The zero-order valence-corrected chi connectivity index (χ0v) is 12.8. The van der Waals surface area contributed by atoms with Crippen LogP contribution in [0.3, 0.4) is 0 Å². The van der Waals surface area contributed by atoms with Gasteiger partial charge in [0, 0.05) is 12.1 Å². The molecule has 7 heteroatoms. The summed E-state index contributed by atoms with van der Waals surface area (Å²) in [7, 11) is 0. The van der Waals surface area contributed by atoms with Crippen LogP contribution in [0.25, 0.3) is 6.08 Å². The number of carbonyl (C=O) groups excluding carboxylic acids is 1. The quantitative estimate of drug-likeness (QED) is 0.369. The van der Waals surface area contributed by atoms with Gasteiger partial charge in [-0.3, -0.25) is 10.1 Å². The van der Waals surface area contributed by atoms with E-state index in [1.165, 1.54) is 42.5 Å². The van der Waals surface area contributed by atoms with E-state index in [0.29, 0.717) is 5.56 Å². The second-order valence-corrected chi connectivity index (χ2v) is 5.05. The van der Waals surface area contributed by atoms with Crippen LogP contribution >= 0.6 is 0 Å². The van der Waals surface area contributed by atoms with Gasteiger partial charge in [-0.15, -0.1) is 0 Å². The summed E-state index contributed by atoms with van der Waals surface area (Å²) in [4.78, 5) is 26.0. The van der Waals surface area contributed by atoms with Crippen molar-refractivity contribution in [2.24, 2.45) is 4.99 Å². The number of nitro benzene ring substituents is 1. The van der Waals surface area contributed by atoms with Gasteiger partial charge in [-0.2, -0.15) is 0 Å². The van der Waals surface area contributed by atoms with Crippen molar-refractivity contribution in [2.45, 2.75) is 0 Å². The molecule has 3 rings (SSSR count). The summed E-state index contributed by atoms with van der Waals surface area (Å²) >= 11 is 0. The van der Waals surface area contributed by atoms with E-state index in [9.17, 15) is 19.3 Å². The van der Waals surface area contributed by atoms with Crippen LogP contribution < -0.4 is 0 Å². The molecule has 0 N–H and O–H groups in total. The highest BCUT2D eigenvalue weighted by Crippen LogP contribution is 2.19. The lowest BCUT2D eigenvalue weighted by molar-refractivity contribution is -0.384. The molecule has 0 saturated carbocycles. The molecule has 0 unspecified atom stereocenters. The van der Waals surface area contributed by atoms with Gasteiger partial charge in [0.15, 0.2) is 5.70 Å². The summed E-state index contributed by atoms with van der Waals surface area (Å²) in [5, 5.41) is 10.7. The Balaban J connectivity index is 1.82. The lowest BCUT2D eigenvalue weighted by Crippen LogP contribution is -2.07. The third-order valence-electron chi connectivity index (χ3n) is 3.35. The summed E-state index contributed by atoms with van der Waals surface area (Å²) in [6, 6.07) is 11.9. The minimum Gasteiger partial charge on any atom is -0.402 e. The molecular formula is C18H11FN2O4. The van der Waals surface area contributed by atoms with Crippen molar-refractivity contribution < 1.29 is 18.8 Å². The lowest BCUT2D eigenvalue weighted by Gasteiger charge is -1.99. The van der Waals surface area contributed by atoms with Gasteiger partial charge in [0.05, 0.1) is 10.5 Å². The first-order chi connectivity index (χ1) is 12.0. The molecule has 124 valence electrons. The second-order valence-electron chi connectivity index (χ2n) is 5.05. The van der Waals surface area contributed by atoms with Crippen molar-refractivity contribution in [3.63, 3.8) is 0 Å². The Morgan fingerprint density at radius 1 is 1.16 bits per heavy atom. The van der Waals surface area contributed by atoms with Crippen LogP contribution in [0.4, 0.5) is 10.1 Å². The number of non-ortho nitro benzene ring substituents is 1. The molecule has 0 amide bonds. The van der Waals surface area contributed by atoms with E-state index < -0.39 is 16.7 Å². The molecule has 0 aliphatic carbocycles. The van der Waals surface area contributed by atoms with E-state index in [0.717, 1.165) is 0 Å². The number of hydrogen-bond donors (Lipinski definition) is 0. The summed E-state index contributed by atoms with van der Waals surface area (Å²) < 4.78 is 18.7. The SMILES string of the molecule is O=C1OC(c2ccccc2F)=N/C1=C/C=C\c1cccc([N+](=O)[O-])c1. The fourth-order valence-corrected chi connectivity index (χ4v) is 2.17. The Labute approximate surface area is 141 Å². The Morgan fingerprint density at radius 2 is 1.96 bits per heavy atom. The third kappa shape index (κ3) is 3.66. The monoisotopic (exact) mass is 338 g/mol. The van der Waals surface area contributed by atoms with Crippen LogP contribution in [0.2, 0.25) is 0 Å². The molecule has 25 heavy (non-hydrogen) atoms. The highest BCUT2D eigenvalue weighted by atomic mass is 19.1. The molecule has 0 saturated heterocycles. The number of cyclic esters (lactones) is 1. The zero-order valence-electron chi connectivity index (χ0n) is 12.8. The van der Waals surface area contributed by atoms with Crippen LogP contribution in [0, 0.1) is 15.9 Å². The number of hydrogen-bond acceptors (Lipinski definition) is 5. The van der Waals surface area contributed by atoms with Crippen molar-refractivity contribution in [3.05, 3.63) is 93.4 Å². The second kappa shape index (κ2) is 6.88. The van der Waals surface area contributed by atoms with Gasteiger partial charge < -0.3 is 4.74 Å². The van der Waals surface area contributed by atoms with E-state index in [1.54, 1.807) is 24.3 Å². The summed E-state index contributed by atoms with van der Waals surface area (Å²) in [5.74, 6) is -1.33. The van der Waals surface area contributed by atoms with Crippen molar-refractivity contribution in [1.82, 2.24) is 0 Å². The normalized spacial score (nSPS) is 15.5. The number of esters is 1. The maximum Gasteiger partial charge on any atom is 0.363 e. The van der Waals surface area contributed by atoms with Crippen LogP contribution in [-0.4, -0.2) is 16.8 Å². The van der Waals surface area contributed by atoms with Gasteiger partial charge in [0.2, 0.25) is 5.90 Å². The molecule has 1 aliphatic heterocycles. The number of ether oxygens (including phenoxy) is 1. The molecule has 0 radical (unpaired) electrons. The van der Waals surface area contributed by atoms with Crippen LogP contribution in [0.1, 0.15) is 11.1 Å². The minimum atomic E-state index is -0.693. The summed E-state index contributed by atoms with van der Waals surface area (Å²) in [6.45, 7) is 0. The number of carbonyl (C=O) groups is 1. The van der Waals surface area contributed by atoms with Crippen molar-refractivity contribution in [1.29, 1.82) is 0 Å². The number of rotatable bonds is 4. The number of nitrogens with zero attached hydrogens (tertiary/aromatic N) is 2. The first-order valence-electron chi connectivity index (χ1n) is 7.23. The lowest BCUT2D eigenvalue weighted by atomic mass is 10.2. The molecular weight excluding hydrogens is 327 g/mol. The minimum absolute atomic E-state index is 0.0138. The third-order valence-corrected chi connectivity index (χ3v) is 3.35. The number of allylic oxidation sites excluding steroid dienone is 2. The summed E-state index contributed by atoms with van der Waals surface area (Å²) in [6.07, 6.45) is 4.50. The molecule has 2 aromatic rings. The largest absolute Gasteiger partial charge is 0.402 e. The Hall–Kier alpha value is -3.61. The fourth-order valence-electron chi connectivity index (χ4n) is 2.17. The maximum absolute atomic E-state index is 13.7. The van der Waals surface area contributed by atoms with Crippen molar-refractivity contribution in [3.8, 4) is 0 Å². The predicted octanol–water partition coefficient (Wildman–Crippen LogP) is 3.63. The van der Waals surface area contributed by atoms with E-state index in [1.807, 2.05) is 0 Å². The number of aliphatic imine (C=N–C) groups is 1. The molecule has 0 bridgehead atoms. The van der Waals surface area contributed by atoms with Crippen molar-refractivity contribution in [2.75, 3.05) is 0 Å². The number of nitro groups is 1. The topological polar surface area (TPSA) is 81.8 Å². The standard InChI is InChI=1S/C18H11FN2O4/c19-15-9-2-1-8-14(15)17-20-16(18(22)25-17)10-4-6-12-5-3-7-13(11-12)21(23)24/h1-11H/b6-4-,16-10+. The van der Waals surface area contributed by atoms with Gasteiger partial charge in [-0.05, 0) is 23.8 Å². The first-order valence-corrected chi connectivity index (χ1v) is 7.23. The Morgan fingerprint density at radius 3 is 2.72 bits per heavy atom. The molecule has 1 heterocycles. The highest BCUT2D eigenvalue weighted by Gasteiger charge is 2.25. The molecule has 0 aromatic heterocycles. The van der Waals surface area contributed by atoms with E-state index in [4.69, 9.17) is 4.74 Å². The van der Waals surface area contributed by atoms with E-state index in [-0.39, 0.29) is 22.8 Å². The van der Waals surface area contributed by atoms with Crippen LogP contribution in [0.5, 0.6) is 0 Å². The Bertz CT molecular complexity index is 948. The average molecular weight is 338 g/mol.